The number of carbonyl (C=O) groups excluding carboxylic acids is 2. The normalized spacial score (nSPS) is 14.0. The molecule has 0 unspecified atom stereocenters. The van der Waals surface area contributed by atoms with Crippen molar-refractivity contribution in [3.63, 3.8) is 0 Å². The Morgan fingerprint density at radius 3 is 2.40 bits per heavy atom. The van der Waals surface area contributed by atoms with Crippen molar-refractivity contribution in [2.45, 2.75) is 49.4 Å². The van der Waals surface area contributed by atoms with Crippen LogP contribution < -0.4 is 15.8 Å². The number of carbonyl (C=O) groups is 2. The van der Waals surface area contributed by atoms with E-state index >= 15 is 0 Å². The second-order valence-electron chi connectivity index (χ2n) is 9.74. The SMILES string of the molecule is CCCN(CCC)CCCNC(=O)c1ccc2c(c1)N(NCc1cccc(Cl)c1)C(=O)c1ccccc1S2(=O)=O. The molecule has 1 heterocycles. The smallest absolute Gasteiger partial charge is 0.274 e. The third kappa shape index (κ3) is 6.72. The molecule has 0 aliphatic carbocycles. The number of benzene rings is 3. The molecule has 0 atom stereocenters. The molecule has 10 heteroatoms. The number of nitrogens with one attached hydrogen (secondary N) is 2. The molecule has 3 aromatic rings. The van der Waals surface area contributed by atoms with Gasteiger partial charge in [0, 0.05) is 23.7 Å². The summed E-state index contributed by atoms with van der Waals surface area (Å²) in [5, 5.41) is 4.69. The van der Waals surface area contributed by atoms with Gasteiger partial charge in [-0.2, -0.15) is 0 Å². The Morgan fingerprint density at radius 2 is 1.68 bits per heavy atom. The van der Waals surface area contributed by atoms with E-state index in [1.54, 1.807) is 30.3 Å². The van der Waals surface area contributed by atoms with Crippen LogP contribution in [0.5, 0.6) is 0 Å². The maximum atomic E-state index is 13.7. The zero-order valence-corrected chi connectivity index (χ0v) is 24.4. The van der Waals surface area contributed by atoms with Gasteiger partial charge >= 0.3 is 0 Å². The Morgan fingerprint density at radius 1 is 0.925 bits per heavy atom. The topological polar surface area (TPSA) is 98.8 Å². The second kappa shape index (κ2) is 13.4. The fourth-order valence-corrected chi connectivity index (χ4v) is 6.66. The minimum atomic E-state index is -4.04. The van der Waals surface area contributed by atoms with Crippen LogP contribution >= 0.6 is 11.6 Å². The molecular formula is C30H35ClN4O4S. The van der Waals surface area contributed by atoms with Crippen LogP contribution in [0.15, 0.2) is 76.5 Å². The lowest BCUT2D eigenvalue weighted by Gasteiger charge is -2.24. The highest BCUT2D eigenvalue weighted by Gasteiger charge is 2.36. The molecule has 0 radical (unpaired) electrons. The number of hydrazine groups is 1. The van der Waals surface area contributed by atoms with Crippen molar-refractivity contribution < 1.29 is 18.0 Å². The second-order valence-corrected chi connectivity index (χ2v) is 12.1. The van der Waals surface area contributed by atoms with Gasteiger partial charge in [-0.3, -0.25) is 9.59 Å². The van der Waals surface area contributed by atoms with E-state index in [1.165, 1.54) is 35.3 Å². The van der Waals surface area contributed by atoms with E-state index in [0.29, 0.717) is 11.6 Å². The number of nitrogens with zero attached hydrogens (tertiary/aromatic N) is 2. The quantitative estimate of drug-likeness (QED) is 0.289. The highest BCUT2D eigenvalue weighted by Crippen LogP contribution is 2.36. The molecule has 4 rings (SSSR count). The predicted molar refractivity (Wildman–Crippen MR) is 157 cm³/mol. The summed E-state index contributed by atoms with van der Waals surface area (Å²) in [5.74, 6) is -0.869. The Hall–Kier alpha value is -3.24. The van der Waals surface area contributed by atoms with E-state index < -0.39 is 15.7 Å². The number of fused-ring (bicyclic) bond motifs is 2. The van der Waals surface area contributed by atoms with E-state index in [9.17, 15) is 18.0 Å². The predicted octanol–water partition coefficient (Wildman–Crippen LogP) is 5.08. The van der Waals surface area contributed by atoms with Gasteiger partial charge in [0.05, 0.1) is 21.0 Å². The van der Waals surface area contributed by atoms with Gasteiger partial charge in [-0.1, -0.05) is 49.7 Å². The number of hydrogen-bond donors (Lipinski definition) is 2. The number of anilines is 1. The van der Waals surface area contributed by atoms with Gasteiger partial charge in [0.1, 0.15) is 0 Å². The van der Waals surface area contributed by atoms with Crippen LogP contribution in [-0.2, 0) is 16.4 Å². The molecule has 2 N–H and O–H groups in total. The van der Waals surface area contributed by atoms with Crippen molar-refractivity contribution in [3.8, 4) is 0 Å². The summed E-state index contributed by atoms with van der Waals surface area (Å²) >= 11 is 6.13. The third-order valence-corrected chi connectivity index (χ3v) is 8.80. The van der Waals surface area contributed by atoms with Gasteiger partial charge < -0.3 is 10.2 Å². The summed E-state index contributed by atoms with van der Waals surface area (Å²) in [6, 6.07) is 17.6. The summed E-state index contributed by atoms with van der Waals surface area (Å²) in [6.07, 6.45) is 2.95. The number of rotatable bonds is 12. The van der Waals surface area contributed by atoms with Crippen molar-refractivity contribution >= 4 is 38.9 Å². The highest BCUT2D eigenvalue weighted by atomic mass is 35.5. The zero-order chi connectivity index (χ0) is 28.7. The van der Waals surface area contributed by atoms with Crippen LogP contribution in [-0.4, -0.2) is 51.3 Å². The molecule has 0 aromatic heterocycles. The minimum absolute atomic E-state index is 0.0482. The molecule has 212 valence electrons. The van der Waals surface area contributed by atoms with Crippen molar-refractivity contribution in [1.29, 1.82) is 0 Å². The lowest BCUT2D eigenvalue weighted by atomic mass is 10.1. The summed E-state index contributed by atoms with van der Waals surface area (Å²) in [5.41, 5.74) is 4.27. The van der Waals surface area contributed by atoms with Crippen LogP contribution in [0.4, 0.5) is 5.69 Å². The van der Waals surface area contributed by atoms with Crippen LogP contribution in [0.3, 0.4) is 0 Å². The molecule has 0 saturated heterocycles. The van der Waals surface area contributed by atoms with E-state index in [1.807, 2.05) is 6.07 Å². The van der Waals surface area contributed by atoms with Gasteiger partial charge in [0.25, 0.3) is 11.8 Å². The molecule has 2 amide bonds. The summed E-state index contributed by atoms with van der Waals surface area (Å²) in [6.45, 7) is 7.93. The van der Waals surface area contributed by atoms with Gasteiger partial charge in [-0.15, -0.1) is 0 Å². The van der Waals surface area contributed by atoms with Crippen molar-refractivity contribution in [2.75, 3.05) is 31.2 Å². The zero-order valence-electron chi connectivity index (χ0n) is 22.8. The first-order chi connectivity index (χ1) is 19.3. The van der Waals surface area contributed by atoms with Crippen LogP contribution in [0, 0.1) is 0 Å². The molecular weight excluding hydrogens is 548 g/mol. The molecule has 40 heavy (non-hydrogen) atoms. The number of amides is 2. The fourth-order valence-electron chi connectivity index (χ4n) is 4.84. The Balaban J connectivity index is 1.61. The van der Waals surface area contributed by atoms with E-state index in [0.717, 1.165) is 44.5 Å². The monoisotopic (exact) mass is 582 g/mol. The average Bonchev–Trinajstić information content (AvgIpc) is 3.01. The Kier molecular flexibility index (Phi) is 9.97. The average molecular weight is 583 g/mol. The first-order valence-corrected chi connectivity index (χ1v) is 15.4. The van der Waals surface area contributed by atoms with E-state index in [4.69, 9.17) is 11.6 Å². The lowest BCUT2D eigenvalue weighted by Crippen LogP contribution is -2.43. The number of sulfone groups is 1. The van der Waals surface area contributed by atoms with Crippen molar-refractivity contribution in [2.24, 2.45) is 0 Å². The first kappa shape index (κ1) is 29.7. The van der Waals surface area contributed by atoms with E-state index in [2.05, 4.69) is 29.5 Å². The van der Waals surface area contributed by atoms with Crippen LogP contribution in [0.2, 0.25) is 5.02 Å². The molecule has 1 aliphatic rings. The van der Waals surface area contributed by atoms with E-state index in [-0.39, 0.29) is 39.1 Å². The molecule has 0 bridgehead atoms. The molecule has 0 saturated carbocycles. The summed E-state index contributed by atoms with van der Waals surface area (Å²) in [4.78, 5) is 29.0. The standard InChI is InChI=1S/C30H35ClN4O4S/c1-3-16-34(17-4-2)18-8-15-32-29(36)23-13-14-28-26(20-23)35(33-21-22-9-7-10-24(31)19-22)30(37)25-11-5-6-12-27(25)40(28,38)39/h5-7,9-14,19-20,33H,3-4,8,15-18,21H2,1-2H3,(H,32,36). The van der Waals surface area contributed by atoms with Gasteiger partial charge in [-0.25, -0.2) is 18.9 Å². The largest absolute Gasteiger partial charge is 0.352 e. The molecule has 0 fully saturated rings. The number of hydrogen-bond acceptors (Lipinski definition) is 6. The van der Waals surface area contributed by atoms with Gasteiger partial charge in [-0.05, 0) is 86.9 Å². The maximum Gasteiger partial charge on any atom is 0.274 e. The molecule has 3 aromatic carbocycles. The van der Waals surface area contributed by atoms with Gasteiger partial charge in [0.2, 0.25) is 9.84 Å². The highest BCUT2D eigenvalue weighted by molar-refractivity contribution is 7.91. The van der Waals surface area contributed by atoms with Crippen molar-refractivity contribution in [3.05, 3.63) is 88.4 Å². The number of halogens is 1. The van der Waals surface area contributed by atoms with Crippen molar-refractivity contribution in [1.82, 2.24) is 15.6 Å². The summed E-state index contributed by atoms with van der Waals surface area (Å²) in [7, 11) is -4.04. The Labute approximate surface area is 241 Å². The first-order valence-electron chi connectivity index (χ1n) is 13.6. The van der Waals surface area contributed by atoms with Crippen LogP contribution in [0.25, 0.3) is 0 Å². The minimum Gasteiger partial charge on any atom is -0.352 e. The van der Waals surface area contributed by atoms with Gasteiger partial charge in [0.15, 0.2) is 0 Å². The van der Waals surface area contributed by atoms with Crippen LogP contribution in [0.1, 0.15) is 59.4 Å². The lowest BCUT2D eigenvalue weighted by molar-refractivity contribution is 0.0946. The summed E-state index contributed by atoms with van der Waals surface area (Å²) < 4.78 is 27.3. The Bertz CT molecular complexity index is 1470. The third-order valence-electron chi connectivity index (χ3n) is 6.71. The molecule has 0 spiro atoms. The maximum absolute atomic E-state index is 13.7. The fraction of sp³-hybridized carbons (Fsp3) is 0.333. The molecule has 8 nitrogen and oxygen atoms in total. The molecule has 1 aliphatic heterocycles.